The molecule has 0 aromatic heterocycles. The zero-order valence-corrected chi connectivity index (χ0v) is 7.41. The van der Waals surface area contributed by atoms with Crippen molar-refractivity contribution >= 4 is 18.8 Å². The van der Waals surface area contributed by atoms with E-state index in [2.05, 4.69) is 0 Å². The third kappa shape index (κ3) is 2.22. The van der Waals surface area contributed by atoms with Crippen molar-refractivity contribution in [2.75, 3.05) is 6.66 Å². The molecular weight excluding hydrogens is 175 g/mol. The molecule has 1 N–H and O–H groups in total. The minimum Gasteiger partial charge on any atom is -0.289 e. The van der Waals surface area contributed by atoms with Crippen molar-refractivity contribution in [3.8, 4) is 0 Å². The molecule has 0 spiro atoms. The number of fused-ring (bicyclic) bond motifs is 1. The maximum atomic E-state index is 10.5. The molecule has 4 heteroatoms. The Hall–Kier alpha value is -1.05. The fraction of sp³-hybridized carbons (Fsp3) is 0.125. The molecule has 3 nitrogen and oxygen atoms in total. The first kappa shape index (κ1) is 9.04. The quantitative estimate of drug-likeness (QED) is 0.628. The predicted molar refractivity (Wildman–Crippen MR) is 48.3 cm³/mol. The average Bonchev–Trinajstić information content (AvgIpc) is 2.63. The van der Waals surface area contributed by atoms with Gasteiger partial charge in [-0.15, -0.1) is 0 Å². The summed E-state index contributed by atoms with van der Waals surface area (Å²) in [5.74, 6) is 0. The lowest BCUT2D eigenvalue weighted by Crippen LogP contribution is -1.66. The van der Waals surface area contributed by atoms with Gasteiger partial charge in [-0.3, -0.25) is 4.79 Å². The normalized spacial score (nSPS) is 11.0. The van der Waals surface area contributed by atoms with Crippen LogP contribution in [0.4, 0.5) is 0 Å². The summed E-state index contributed by atoms with van der Waals surface area (Å²) < 4.78 is 9.15. The van der Waals surface area contributed by atoms with Crippen LogP contribution in [0.3, 0.4) is 0 Å². The van der Waals surface area contributed by atoms with Crippen LogP contribution in [-0.2, 0) is 4.57 Å². The number of hydrogen-bond donors (Lipinski definition) is 1. The highest BCUT2D eigenvalue weighted by Gasteiger charge is 2.07. The third-order valence-corrected chi connectivity index (χ3v) is 1.35. The van der Waals surface area contributed by atoms with Crippen molar-refractivity contribution in [2.24, 2.45) is 0 Å². The van der Waals surface area contributed by atoms with Crippen LogP contribution in [0.5, 0.6) is 0 Å². The van der Waals surface area contributed by atoms with E-state index in [4.69, 9.17) is 9.46 Å². The summed E-state index contributed by atoms with van der Waals surface area (Å²) in [5, 5.41) is 1.79. The molecule has 0 radical (unpaired) electrons. The van der Waals surface area contributed by atoms with Gasteiger partial charge in [-0.05, 0) is 4.57 Å². The molecule has 0 saturated carbocycles. The van der Waals surface area contributed by atoms with Crippen LogP contribution in [0.25, 0.3) is 10.8 Å². The molecule has 0 amide bonds. The van der Waals surface area contributed by atoms with E-state index >= 15 is 0 Å². The third-order valence-electron chi connectivity index (χ3n) is 1.35. The van der Waals surface area contributed by atoms with Crippen molar-refractivity contribution in [2.45, 2.75) is 0 Å². The molecule has 0 aliphatic heterocycles. The van der Waals surface area contributed by atoms with Crippen LogP contribution < -0.4 is 5.43 Å². The molecule has 0 fully saturated rings. The summed E-state index contributed by atoms with van der Waals surface area (Å²) in [6, 6.07) is 7.45. The van der Waals surface area contributed by atoms with Gasteiger partial charge in [0.15, 0.2) is 12.1 Å². The lowest BCUT2D eigenvalue weighted by molar-refractivity contribution is 0.509. The number of rotatable bonds is 0. The van der Waals surface area contributed by atoms with Gasteiger partial charge in [0.1, 0.15) is 0 Å². The molecule has 1 atom stereocenters. The second kappa shape index (κ2) is 3.57. The smallest absolute Gasteiger partial charge is 0.289 e. The largest absolute Gasteiger partial charge is 0.502 e. The zero-order chi connectivity index (χ0) is 9.14. The van der Waals surface area contributed by atoms with Crippen molar-refractivity contribution in [1.82, 2.24) is 0 Å². The lowest BCUT2D eigenvalue weighted by atomic mass is 10.4. The van der Waals surface area contributed by atoms with E-state index < -0.39 is 8.03 Å². The van der Waals surface area contributed by atoms with Gasteiger partial charge in [0, 0.05) is 10.8 Å². The minimum absolute atomic E-state index is 0.218. The molecule has 1 unspecified atom stereocenters. The first-order chi connectivity index (χ1) is 5.63. The van der Waals surface area contributed by atoms with Crippen LogP contribution >= 0.6 is 8.03 Å². The van der Waals surface area contributed by atoms with Gasteiger partial charge in [-0.25, -0.2) is 0 Å². The predicted octanol–water partition coefficient (Wildman–Crippen LogP) is 1.43. The van der Waals surface area contributed by atoms with E-state index in [1.165, 1.54) is 6.66 Å². The molecule has 2 aromatic rings. The van der Waals surface area contributed by atoms with Gasteiger partial charge < -0.3 is 0 Å². The minimum atomic E-state index is -1.87. The first-order valence-corrected chi connectivity index (χ1v) is 5.02. The maximum Gasteiger partial charge on any atom is 0.502 e. The second-order valence-corrected chi connectivity index (χ2v) is 3.27. The summed E-state index contributed by atoms with van der Waals surface area (Å²) in [4.78, 5) is 18.1. The lowest BCUT2D eigenvalue weighted by Gasteiger charge is -1.66. The van der Waals surface area contributed by atoms with E-state index in [-0.39, 0.29) is 5.43 Å². The Morgan fingerprint density at radius 1 is 1.25 bits per heavy atom. The van der Waals surface area contributed by atoms with Gasteiger partial charge in [0.25, 0.3) is 0 Å². The Morgan fingerprint density at radius 3 is 1.83 bits per heavy atom. The Morgan fingerprint density at radius 2 is 1.58 bits per heavy atom. The highest BCUT2D eigenvalue weighted by atomic mass is 31.1. The summed E-state index contributed by atoms with van der Waals surface area (Å²) in [6.45, 7) is 1.23. The van der Waals surface area contributed by atoms with Gasteiger partial charge in [0.05, 0.1) is 0 Å². The van der Waals surface area contributed by atoms with E-state index in [0.29, 0.717) is 0 Å². The van der Waals surface area contributed by atoms with Gasteiger partial charge in [-0.2, -0.15) is 4.89 Å². The van der Waals surface area contributed by atoms with Gasteiger partial charge >= 0.3 is 8.03 Å². The molecule has 0 heterocycles. The summed E-state index contributed by atoms with van der Waals surface area (Å²) in [6.07, 6.45) is 0. The fourth-order valence-corrected chi connectivity index (χ4v) is 0.833. The van der Waals surface area contributed by atoms with Crippen molar-refractivity contribution < 1.29 is 9.46 Å². The highest BCUT2D eigenvalue weighted by molar-refractivity contribution is 7.36. The second-order valence-electron chi connectivity index (χ2n) is 2.34. The van der Waals surface area contributed by atoms with E-state index in [9.17, 15) is 4.79 Å². The molecule has 0 bridgehead atoms. The monoisotopic (exact) mass is 183 g/mol. The molecule has 2 aromatic carbocycles. The molecule has 2 rings (SSSR count). The molecule has 0 aliphatic rings. The van der Waals surface area contributed by atoms with Crippen LogP contribution in [0.15, 0.2) is 29.1 Å². The highest BCUT2D eigenvalue weighted by Crippen LogP contribution is 2.11. The number of benzene rings is 1. The van der Waals surface area contributed by atoms with E-state index in [1.54, 1.807) is 0 Å². The average molecular weight is 183 g/mol. The number of hydrogen-bond acceptors (Lipinski definition) is 2. The van der Waals surface area contributed by atoms with Crippen molar-refractivity contribution in [1.29, 1.82) is 0 Å². The first-order valence-electron chi connectivity index (χ1n) is 3.36. The Labute approximate surface area is 70.2 Å². The molecule has 0 aliphatic carbocycles. The standard InChI is InChI=1S/C7H4O.CH3O2P/c8-7-5-3-1-2-4-6(5)7;1-4(2)3/h1-4H;1H3/p+1. The van der Waals surface area contributed by atoms with Crippen LogP contribution in [0.2, 0.25) is 0 Å². The Kier molecular flexibility index (Phi) is 2.69. The maximum absolute atomic E-state index is 10.5. The van der Waals surface area contributed by atoms with Crippen LogP contribution in [0.1, 0.15) is 0 Å². The Balaban J connectivity index is 0.000000157. The SMILES string of the molecule is C[P+](=O)O.O=c1c2ccccc12. The zero-order valence-electron chi connectivity index (χ0n) is 6.52. The summed E-state index contributed by atoms with van der Waals surface area (Å²) in [5.41, 5.74) is 0.218. The fourth-order valence-electron chi connectivity index (χ4n) is 0.833. The molecule has 12 heavy (non-hydrogen) atoms. The summed E-state index contributed by atoms with van der Waals surface area (Å²) in [7, 11) is -1.87. The Bertz CT molecular complexity index is 377. The van der Waals surface area contributed by atoms with Gasteiger partial charge in [-0.1, -0.05) is 24.3 Å². The van der Waals surface area contributed by atoms with Crippen molar-refractivity contribution in [3.63, 3.8) is 0 Å². The topological polar surface area (TPSA) is 54.4 Å². The summed E-state index contributed by atoms with van der Waals surface area (Å²) >= 11 is 0. The molecular formula is C8H8O3P+. The molecule has 62 valence electrons. The van der Waals surface area contributed by atoms with Crippen LogP contribution in [0, 0.1) is 0 Å². The van der Waals surface area contributed by atoms with Gasteiger partial charge in [0.2, 0.25) is 0 Å². The van der Waals surface area contributed by atoms with Crippen molar-refractivity contribution in [3.05, 3.63) is 34.5 Å². The molecule has 0 saturated heterocycles. The van der Waals surface area contributed by atoms with Crippen LogP contribution in [-0.4, -0.2) is 11.6 Å². The van der Waals surface area contributed by atoms with E-state index in [0.717, 1.165) is 10.8 Å². The van der Waals surface area contributed by atoms with E-state index in [1.807, 2.05) is 24.3 Å².